The number of anilines is 1. The second kappa shape index (κ2) is 5.03. The highest BCUT2D eigenvalue weighted by Gasteiger charge is 2.23. The molecule has 0 fully saturated rings. The number of amides is 1. The number of rotatable bonds is 2. The Kier molecular flexibility index (Phi) is 3.35. The Morgan fingerprint density at radius 3 is 2.85 bits per heavy atom. The summed E-state index contributed by atoms with van der Waals surface area (Å²) >= 11 is 1.37. The molecule has 4 nitrogen and oxygen atoms in total. The Morgan fingerprint density at radius 2 is 2.10 bits per heavy atom. The Hall–Kier alpha value is -1.66. The van der Waals surface area contributed by atoms with E-state index in [0.717, 1.165) is 12.0 Å². The van der Waals surface area contributed by atoms with Crippen molar-refractivity contribution >= 4 is 32.8 Å². The van der Waals surface area contributed by atoms with Gasteiger partial charge in [0.25, 0.3) is 5.91 Å². The minimum atomic E-state index is -3.14. The fraction of sp³-hybridized carbons (Fsp3) is 0.214. The Balaban J connectivity index is 1.88. The Bertz CT molecular complexity index is 749. The van der Waals surface area contributed by atoms with E-state index in [1.807, 2.05) is 11.4 Å². The molecule has 20 heavy (non-hydrogen) atoms. The first kappa shape index (κ1) is 13.3. The minimum absolute atomic E-state index is 0.168. The first-order valence-corrected chi connectivity index (χ1v) is 8.80. The molecule has 2 aromatic rings. The summed E-state index contributed by atoms with van der Waals surface area (Å²) in [6.45, 7) is 0. The highest BCUT2D eigenvalue weighted by molar-refractivity contribution is 7.91. The van der Waals surface area contributed by atoms with Crippen LogP contribution in [0.5, 0.6) is 0 Å². The number of hydrogen-bond donors (Lipinski definition) is 1. The average Bonchev–Trinajstić information content (AvgIpc) is 2.92. The lowest BCUT2D eigenvalue weighted by atomic mass is 10.1. The van der Waals surface area contributed by atoms with Crippen LogP contribution in [-0.4, -0.2) is 20.1 Å². The van der Waals surface area contributed by atoms with Crippen molar-refractivity contribution in [1.82, 2.24) is 0 Å². The van der Waals surface area contributed by atoms with Gasteiger partial charge in [0, 0.05) is 5.69 Å². The van der Waals surface area contributed by atoms with E-state index in [9.17, 15) is 13.2 Å². The predicted molar refractivity (Wildman–Crippen MR) is 79.1 cm³/mol. The highest BCUT2D eigenvalue weighted by atomic mass is 32.2. The molecule has 2 heterocycles. The molecule has 0 unspecified atom stereocenters. The number of carbonyl (C=O) groups is 1. The molecule has 1 N–H and O–H groups in total. The van der Waals surface area contributed by atoms with Crippen molar-refractivity contribution in [3.05, 3.63) is 46.2 Å². The quantitative estimate of drug-likeness (QED) is 0.928. The number of aryl methyl sites for hydroxylation is 1. The van der Waals surface area contributed by atoms with Crippen LogP contribution in [0.4, 0.5) is 5.69 Å². The van der Waals surface area contributed by atoms with E-state index in [0.29, 0.717) is 21.9 Å². The third-order valence-electron chi connectivity index (χ3n) is 3.26. The molecule has 1 aromatic carbocycles. The Morgan fingerprint density at radius 1 is 1.25 bits per heavy atom. The van der Waals surface area contributed by atoms with Gasteiger partial charge in [0.1, 0.15) is 0 Å². The van der Waals surface area contributed by atoms with E-state index in [1.54, 1.807) is 24.3 Å². The fourth-order valence-electron chi connectivity index (χ4n) is 2.32. The van der Waals surface area contributed by atoms with E-state index in [2.05, 4.69) is 5.32 Å². The maximum Gasteiger partial charge on any atom is 0.265 e. The molecule has 0 radical (unpaired) electrons. The minimum Gasteiger partial charge on any atom is -0.321 e. The van der Waals surface area contributed by atoms with E-state index >= 15 is 0 Å². The summed E-state index contributed by atoms with van der Waals surface area (Å²) in [6.07, 6.45) is 1.37. The maximum atomic E-state index is 12.0. The third kappa shape index (κ3) is 2.48. The van der Waals surface area contributed by atoms with Crippen LogP contribution >= 0.6 is 11.3 Å². The normalized spacial score (nSPS) is 16.4. The lowest BCUT2D eigenvalue weighted by molar-refractivity contribution is 0.103. The van der Waals surface area contributed by atoms with Crippen molar-refractivity contribution in [1.29, 1.82) is 0 Å². The van der Waals surface area contributed by atoms with Gasteiger partial charge in [0.15, 0.2) is 9.84 Å². The van der Waals surface area contributed by atoms with Gasteiger partial charge in [-0.05, 0) is 48.1 Å². The lowest BCUT2D eigenvalue weighted by Crippen LogP contribution is -2.17. The Labute approximate surface area is 121 Å². The molecule has 1 amide bonds. The number of sulfone groups is 1. The smallest absolute Gasteiger partial charge is 0.265 e. The molecule has 6 heteroatoms. The summed E-state index contributed by atoms with van der Waals surface area (Å²) in [4.78, 5) is 13.0. The van der Waals surface area contributed by atoms with E-state index in [1.165, 1.54) is 11.3 Å². The van der Waals surface area contributed by atoms with Gasteiger partial charge in [-0.25, -0.2) is 8.42 Å². The third-order valence-corrected chi connectivity index (χ3v) is 6.02. The highest BCUT2D eigenvalue weighted by Crippen LogP contribution is 2.27. The van der Waals surface area contributed by atoms with E-state index < -0.39 is 9.84 Å². The van der Waals surface area contributed by atoms with Crippen molar-refractivity contribution < 1.29 is 13.2 Å². The van der Waals surface area contributed by atoms with Crippen LogP contribution < -0.4 is 5.32 Å². The van der Waals surface area contributed by atoms with Crippen LogP contribution in [0.1, 0.15) is 21.7 Å². The van der Waals surface area contributed by atoms with Crippen LogP contribution in [0.15, 0.2) is 40.6 Å². The zero-order valence-electron chi connectivity index (χ0n) is 10.6. The van der Waals surface area contributed by atoms with Gasteiger partial charge in [-0.3, -0.25) is 4.79 Å². The van der Waals surface area contributed by atoms with Crippen LogP contribution in [0, 0.1) is 0 Å². The first-order chi connectivity index (χ1) is 9.56. The van der Waals surface area contributed by atoms with Gasteiger partial charge in [-0.15, -0.1) is 11.3 Å². The number of carbonyl (C=O) groups excluding carboxylic acids is 1. The zero-order chi connectivity index (χ0) is 14.2. The predicted octanol–water partition coefficient (Wildman–Crippen LogP) is 2.72. The summed E-state index contributed by atoms with van der Waals surface area (Å²) in [6, 6.07) is 8.57. The fourth-order valence-corrected chi connectivity index (χ4v) is 4.52. The number of hydrogen-bond acceptors (Lipinski definition) is 4. The van der Waals surface area contributed by atoms with Crippen LogP contribution in [0.3, 0.4) is 0 Å². The average molecular weight is 307 g/mol. The molecule has 1 aromatic heterocycles. The molecular formula is C14H13NO3S2. The number of fused-ring (bicyclic) bond motifs is 1. The van der Waals surface area contributed by atoms with Gasteiger partial charge in [0.2, 0.25) is 0 Å². The van der Waals surface area contributed by atoms with Gasteiger partial charge < -0.3 is 5.32 Å². The van der Waals surface area contributed by atoms with Gasteiger partial charge >= 0.3 is 0 Å². The molecule has 3 rings (SSSR count). The van der Waals surface area contributed by atoms with Gasteiger partial charge in [0.05, 0.1) is 15.5 Å². The van der Waals surface area contributed by atoms with Gasteiger partial charge in [-0.2, -0.15) is 0 Å². The zero-order valence-corrected chi connectivity index (χ0v) is 12.3. The topological polar surface area (TPSA) is 63.2 Å². The second-order valence-corrected chi connectivity index (χ2v) is 7.70. The van der Waals surface area contributed by atoms with E-state index in [4.69, 9.17) is 0 Å². The van der Waals surface area contributed by atoms with Gasteiger partial charge in [-0.1, -0.05) is 6.07 Å². The van der Waals surface area contributed by atoms with Crippen molar-refractivity contribution in [2.45, 2.75) is 17.7 Å². The molecule has 1 aliphatic heterocycles. The molecule has 0 spiro atoms. The van der Waals surface area contributed by atoms with Crippen LogP contribution in [0.25, 0.3) is 0 Å². The summed E-state index contributed by atoms with van der Waals surface area (Å²) in [5.74, 6) is 0.0413. The summed E-state index contributed by atoms with van der Waals surface area (Å²) < 4.78 is 23.8. The molecule has 104 valence electrons. The lowest BCUT2D eigenvalue weighted by Gasteiger charge is -2.17. The van der Waals surface area contributed by atoms with Crippen LogP contribution in [0.2, 0.25) is 0 Å². The van der Waals surface area contributed by atoms with Crippen molar-refractivity contribution in [3.8, 4) is 0 Å². The largest absolute Gasteiger partial charge is 0.321 e. The van der Waals surface area contributed by atoms with Crippen molar-refractivity contribution in [3.63, 3.8) is 0 Å². The second-order valence-electron chi connectivity index (χ2n) is 4.68. The standard InChI is InChI=1S/C14H13NO3S2/c16-14(12-4-1-7-19-12)15-11-5-6-13-10(9-11)3-2-8-20(13,17)18/h1,4-7,9H,2-3,8H2,(H,15,16). The number of benzene rings is 1. The molecule has 0 atom stereocenters. The molecule has 0 aliphatic carbocycles. The molecular weight excluding hydrogens is 294 g/mol. The van der Waals surface area contributed by atoms with Crippen LogP contribution in [-0.2, 0) is 16.3 Å². The summed E-state index contributed by atoms with van der Waals surface area (Å²) in [7, 11) is -3.14. The SMILES string of the molecule is O=C(Nc1ccc2c(c1)CCCS2(=O)=O)c1cccs1. The maximum absolute atomic E-state index is 12.0. The first-order valence-electron chi connectivity index (χ1n) is 6.27. The van der Waals surface area contributed by atoms with Crippen molar-refractivity contribution in [2.24, 2.45) is 0 Å². The summed E-state index contributed by atoms with van der Waals surface area (Å²) in [5.41, 5.74) is 1.43. The monoisotopic (exact) mass is 307 g/mol. The van der Waals surface area contributed by atoms with Crippen molar-refractivity contribution in [2.75, 3.05) is 11.1 Å². The summed E-state index contributed by atoms with van der Waals surface area (Å²) in [5, 5.41) is 4.64. The molecule has 0 saturated carbocycles. The van der Waals surface area contributed by atoms with E-state index in [-0.39, 0.29) is 11.7 Å². The molecule has 0 bridgehead atoms. The number of nitrogens with one attached hydrogen (secondary N) is 1. The molecule has 1 aliphatic rings. The number of thiophene rings is 1. The molecule has 0 saturated heterocycles.